The number of hydrogen-bond acceptors (Lipinski definition) is 8. The highest BCUT2D eigenvalue weighted by atomic mass is 19.4. The lowest BCUT2D eigenvalue weighted by atomic mass is 9.93. The van der Waals surface area contributed by atoms with Crippen LogP contribution >= 0.6 is 0 Å². The Bertz CT molecular complexity index is 1080. The molecule has 36 heavy (non-hydrogen) atoms. The maximum atomic E-state index is 12.8. The molecule has 4 rings (SSSR count). The quantitative estimate of drug-likeness (QED) is 0.575. The van der Waals surface area contributed by atoms with Crippen molar-refractivity contribution in [1.82, 2.24) is 15.0 Å². The van der Waals surface area contributed by atoms with Crippen molar-refractivity contribution in [2.75, 3.05) is 29.7 Å². The van der Waals surface area contributed by atoms with E-state index in [4.69, 9.17) is 14.5 Å². The van der Waals surface area contributed by atoms with Gasteiger partial charge in [-0.2, -0.15) is 18.2 Å². The fraction of sp³-hybridized carbons (Fsp3) is 0.583. The fourth-order valence-corrected chi connectivity index (χ4v) is 4.84. The van der Waals surface area contributed by atoms with E-state index in [2.05, 4.69) is 20.6 Å². The first-order valence-electron chi connectivity index (χ1n) is 12.0. The van der Waals surface area contributed by atoms with Crippen LogP contribution in [0.4, 0.5) is 30.6 Å². The zero-order valence-corrected chi connectivity index (χ0v) is 20.7. The Labute approximate surface area is 207 Å². The van der Waals surface area contributed by atoms with E-state index in [9.17, 15) is 18.0 Å². The molecular weight excluding hydrogens is 477 g/mol. The van der Waals surface area contributed by atoms with Crippen molar-refractivity contribution in [3.63, 3.8) is 0 Å². The summed E-state index contributed by atoms with van der Waals surface area (Å²) < 4.78 is 49.7. The summed E-state index contributed by atoms with van der Waals surface area (Å²) in [6.07, 6.45) is 0.0145. The molecule has 1 amide bonds. The number of halogens is 3. The summed E-state index contributed by atoms with van der Waals surface area (Å²) in [5, 5.41) is 6.31. The van der Waals surface area contributed by atoms with Gasteiger partial charge in [0.2, 0.25) is 11.9 Å². The van der Waals surface area contributed by atoms with Crippen LogP contribution in [0.5, 0.6) is 5.75 Å². The minimum absolute atomic E-state index is 0.0188. The number of nitrogens with one attached hydrogen (secondary N) is 2. The zero-order valence-electron chi connectivity index (χ0n) is 20.7. The summed E-state index contributed by atoms with van der Waals surface area (Å²) in [6, 6.07) is 1.73. The molecule has 3 heterocycles. The van der Waals surface area contributed by atoms with Crippen LogP contribution in [-0.2, 0) is 15.7 Å². The van der Waals surface area contributed by atoms with E-state index in [0.717, 1.165) is 31.5 Å². The third-order valence-electron chi connectivity index (χ3n) is 6.69. The van der Waals surface area contributed by atoms with Crippen molar-refractivity contribution < 1.29 is 27.4 Å². The summed E-state index contributed by atoms with van der Waals surface area (Å²) in [5.41, 5.74) is 0.276. The molecule has 0 saturated heterocycles. The standard InChI is InChI=1S/C24H31F3N6O3/c1-5-17(35-4)20-22(34)31-19-13(2)29-23(32-21(19)33(20)3)30-14-7-6-8-15(11-14)36-16-9-10-18(28-12-16)24(25,26)27/h9-10,12,14-15,17,20H,5-8,11H2,1-4H3,(H,31,34)(H,29,30,32)/t14-,15-,17?,20?/m1/s1. The minimum atomic E-state index is -4.48. The van der Waals surface area contributed by atoms with Crippen LogP contribution < -0.4 is 20.3 Å². The number of ether oxygens (including phenoxy) is 2. The van der Waals surface area contributed by atoms with Crippen LogP contribution in [0.1, 0.15) is 50.4 Å². The van der Waals surface area contributed by atoms with Crippen molar-refractivity contribution in [3.8, 4) is 5.75 Å². The molecule has 0 bridgehead atoms. The third kappa shape index (κ3) is 5.48. The Hall–Kier alpha value is -3.15. The molecule has 0 radical (unpaired) electrons. The molecule has 2 aliphatic rings. The first-order chi connectivity index (χ1) is 17.1. The van der Waals surface area contributed by atoms with Gasteiger partial charge in [-0.15, -0.1) is 0 Å². The van der Waals surface area contributed by atoms with Gasteiger partial charge in [-0.05, 0) is 44.7 Å². The summed E-state index contributed by atoms with van der Waals surface area (Å²) >= 11 is 0. The van der Waals surface area contributed by atoms with Crippen LogP contribution in [0.3, 0.4) is 0 Å². The minimum Gasteiger partial charge on any atom is -0.489 e. The second-order valence-electron chi connectivity index (χ2n) is 9.18. The molecule has 0 spiro atoms. The molecular formula is C24H31F3N6O3. The normalized spacial score (nSPS) is 23.0. The fourth-order valence-electron chi connectivity index (χ4n) is 4.84. The van der Waals surface area contributed by atoms with Gasteiger partial charge < -0.3 is 25.0 Å². The van der Waals surface area contributed by atoms with Gasteiger partial charge in [0.1, 0.15) is 29.3 Å². The molecule has 4 atom stereocenters. The lowest BCUT2D eigenvalue weighted by molar-refractivity contribution is -0.141. The van der Waals surface area contributed by atoms with Crippen LogP contribution in [0.15, 0.2) is 18.3 Å². The first-order valence-corrected chi connectivity index (χ1v) is 12.0. The molecule has 2 aromatic rings. The number of pyridine rings is 1. The number of nitrogens with zero attached hydrogens (tertiary/aromatic N) is 4. The number of alkyl halides is 3. The number of methoxy groups -OCH3 is 1. The van der Waals surface area contributed by atoms with Crippen LogP contribution in [0.2, 0.25) is 0 Å². The molecule has 2 aromatic heterocycles. The lowest BCUT2D eigenvalue weighted by Gasteiger charge is -2.38. The Balaban J connectivity index is 1.45. The average molecular weight is 509 g/mol. The molecule has 9 nitrogen and oxygen atoms in total. The third-order valence-corrected chi connectivity index (χ3v) is 6.69. The van der Waals surface area contributed by atoms with Crippen molar-refractivity contribution in [2.24, 2.45) is 0 Å². The second kappa shape index (κ2) is 10.5. The molecule has 1 fully saturated rings. The highest BCUT2D eigenvalue weighted by Gasteiger charge is 2.38. The summed E-state index contributed by atoms with van der Waals surface area (Å²) in [4.78, 5) is 27.3. The number of carbonyl (C=O) groups excluding carboxylic acids is 1. The van der Waals surface area contributed by atoms with Gasteiger partial charge in [0.25, 0.3) is 0 Å². The van der Waals surface area contributed by atoms with Gasteiger partial charge in [0.05, 0.1) is 18.0 Å². The number of anilines is 3. The molecule has 0 aromatic carbocycles. The number of amides is 1. The molecule has 196 valence electrons. The molecule has 1 aliphatic carbocycles. The SMILES string of the molecule is CCC(OC)C1C(=O)Nc2c(C)nc(N[C@@H]3CCC[C@@H](Oc4ccc(C(F)(F)F)nc4)C3)nc2N1C. The Morgan fingerprint density at radius 2 is 2.06 bits per heavy atom. The largest absolute Gasteiger partial charge is 0.489 e. The number of carbonyl (C=O) groups is 1. The van der Waals surface area contributed by atoms with Gasteiger partial charge in [-0.25, -0.2) is 9.97 Å². The number of aryl methyl sites for hydroxylation is 1. The predicted octanol–water partition coefficient (Wildman–Crippen LogP) is 4.18. The molecule has 12 heteroatoms. The molecule has 1 aliphatic heterocycles. The predicted molar refractivity (Wildman–Crippen MR) is 128 cm³/mol. The molecule has 2 unspecified atom stereocenters. The van der Waals surface area contributed by atoms with Gasteiger partial charge in [-0.1, -0.05) is 6.92 Å². The van der Waals surface area contributed by atoms with E-state index in [1.165, 1.54) is 6.07 Å². The lowest BCUT2D eigenvalue weighted by Crippen LogP contribution is -2.53. The smallest absolute Gasteiger partial charge is 0.433 e. The van der Waals surface area contributed by atoms with Crippen molar-refractivity contribution in [1.29, 1.82) is 0 Å². The van der Waals surface area contributed by atoms with E-state index < -0.39 is 17.9 Å². The number of rotatable bonds is 7. The van der Waals surface area contributed by atoms with Gasteiger partial charge >= 0.3 is 6.18 Å². The number of hydrogen-bond donors (Lipinski definition) is 2. The van der Waals surface area contributed by atoms with Gasteiger partial charge in [0.15, 0.2) is 5.82 Å². The first kappa shape index (κ1) is 25.9. The highest BCUT2D eigenvalue weighted by Crippen LogP contribution is 2.35. The second-order valence-corrected chi connectivity index (χ2v) is 9.18. The van der Waals surface area contributed by atoms with Crippen LogP contribution in [0, 0.1) is 6.92 Å². The van der Waals surface area contributed by atoms with Gasteiger partial charge in [-0.3, -0.25) is 4.79 Å². The maximum Gasteiger partial charge on any atom is 0.433 e. The van der Waals surface area contributed by atoms with Crippen LogP contribution in [0.25, 0.3) is 0 Å². The Kier molecular flexibility index (Phi) is 7.53. The Morgan fingerprint density at radius 1 is 1.28 bits per heavy atom. The topological polar surface area (TPSA) is 102 Å². The van der Waals surface area contributed by atoms with E-state index in [1.54, 1.807) is 7.11 Å². The number of aromatic nitrogens is 3. The molecule has 1 saturated carbocycles. The number of likely N-dealkylation sites (N-methyl/N-ethyl adjacent to an activating group) is 1. The molecule has 2 N–H and O–H groups in total. The van der Waals surface area contributed by atoms with E-state index in [-0.39, 0.29) is 24.2 Å². The van der Waals surface area contributed by atoms with Crippen LogP contribution in [-0.4, -0.2) is 59.3 Å². The maximum absolute atomic E-state index is 12.8. The summed E-state index contributed by atoms with van der Waals surface area (Å²) in [5.74, 6) is 1.21. The zero-order chi connectivity index (χ0) is 26.0. The Morgan fingerprint density at radius 3 is 2.69 bits per heavy atom. The van der Waals surface area contributed by atoms with Crippen molar-refractivity contribution in [2.45, 2.75) is 76.4 Å². The monoisotopic (exact) mass is 508 g/mol. The summed E-state index contributed by atoms with van der Waals surface area (Å²) in [7, 11) is 3.41. The number of fused-ring (bicyclic) bond motifs is 1. The van der Waals surface area contributed by atoms with Crippen molar-refractivity contribution in [3.05, 3.63) is 29.7 Å². The van der Waals surface area contributed by atoms with Gasteiger partial charge in [0, 0.05) is 26.6 Å². The van der Waals surface area contributed by atoms with E-state index >= 15 is 0 Å². The average Bonchev–Trinajstić information content (AvgIpc) is 2.83. The summed E-state index contributed by atoms with van der Waals surface area (Å²) in [6.45, 7) is 3.78. The van der Waals surface area contributed by atoms with E-state index in [1.807, 2.05) is 25.8 Å². The van der Waals surface area contributed by atoms with Crippen molar-refractivity contribution >= 4 is 23.4 Å². The highest BCUT2D eigenvalue weighted by molar-refractivity contribution is 6.03. The van der Waals surface area contributed by atoms with E-state index in [0.29, 0.717) is 41.7 Å².